The highest BCUT2D eigenvalue weighted by molar-refractivity contribution is 14.1. The number of nitrogens with one attached hydrogen (secondary N) is 1. The molecular weight excluding hydrogens is 249 g/mol. The maximum atomic E-state index is 3.10. The third-order valence-electron chi connectivity index (χ3n) is 1.63. The van der Waals surface area contributed by atoms with Gasteiger partial charge in [0, 0.05) is 29.4 Å². The van der Waals surface area contributed by atoms with Gasteiger partial charge < -0.3 is 0 Å². The molecule has 0 radical (unpaired) electrons. The maximum Gasteiger partial charge on any atom is 0.0169 e. The van der Waals surface area contributed by atoms with Crippen molar-refractivity contribution in [2.45, 2.75) is 13.3 Å². The monoisotopic (exact) mass is 261 g/mol. The van der Waals surface area contributed by atoms with Crippen LogP contribution in [-0.4, -0.2) is 6.54 Å². The lowest BCUT2D eigenvalue weighted by molar-refractivity contribution is 0.932. The summed E-state index contributed by atoms with van der Waals surface area (Å²) in [6, 6.07) is 8.68. The van der Waals surface area contributed by atoms with Crippen molar-refractivity contribution in [2.24, 2.45) is 0 Å². The Morgan fingerprint density at radius 3 is 2.45 bits per heavy atom. The predicted octanol–water partition coefficient (Wildman–Crippen LogP) is 2.48. The largest absolute Gasteiger partial charge is 0.261 e. The summed E-state index contributed by atoms with van der Waals surface area (Å²) in [6.07, 6.45) is 1.11. The van der Waals surface area contributed by atoms with E-state index >= 15 is 0 Å². The van der Waals surface area contributed by atoms with Gasteiger partial charge in [-0.2, -0.15) is 0 Å². The van der Waals surface area contributed by atoms with Gasteiger partial charge in [0.25, 0.3) is 0 Å². The van der Waals surface area contributed by atoms with Crippen molar-refractivity contribution in [1.29, 1.82) is 0 Å². The van der Waals surface area contributed by atoms with Crippen LogP contribution in [0.2, 0.25) is 0 Å². The van der Waals surface area contributed by atoms with Crippen molar-refractivity contribution < 1.29 is 0 Å². The zero-order chi connectivity index (χ0) is 8.10. The fraction of sp³-hybridized carbons (Fsp3) is 0.333. The van der Waals surface area contributed by atoms with E-state index in [0.717, 1.165) is 13.0 Å². The van der Waals surface area contributed by atoms with Crippen LogP contribution >= 0.6 is 22.9 Å². The molecule has 0 saturated heterocycles. The molecule has 0 atom stereocenters. The lowest BCUT2D eigenvalue weighted by atomic mass is 10.1. The van der Waals surface area contributed by atoms with Crippen molar-refractivity contribution in [2.75, 3.05) is 6.54 Å². The Morgan fingerprint density at radius 2 is 1.91 bits per heavy atom. The molecule has 0 aromatic heterocycles. The highest BCUT2D eigenvalue weighted by Gasteiger charge is 1.90. The summed E-state index contributed by atoms with van der Waals surface area (Å²) in [4.78, 5) is 0. The molecule has 1 aromatic carbocycles. The molecule has 11 heavy (non-hydrogen) atoms. The number of benzene rings is 1. The van der Waals surface area contributed by atoms with Crippen LogP contribution in [0.4, 0.5) is 0 Å². The Balaban J connectivity index is 2.52. The van der Waals surface area contributed by atoms with E-state index in [2.05, 4.69) is 57.6 Å². The second-order valence-corrected chi connectivity index (χ2v) is 3.38. The van der Waals surface area contributed by atoms with Gasteiger partial charge in [0.15, 0.2) is 0 Å². The van der Waals surface area contributed by atoms with Crippen LogP contribution in [0.3, 0.4) is 0 Å². The van der Waals surface area contributed by atoms with Crippen molar-refractivity contribution in [1.82, 2.24) is 3.53 Å². The zero-order valence-electron chi connectivity index (χ0n) is 6.60. The van der Waals surface area contributed by atoms with Gasteiger partial charge in [-0.05, 0) is 18.9 Å². The number of hydrogen-bond acceptors (Lipinski definition) is 1. The molecule has 1 rings (SSSR count). The molecule has 1 N–H and O–H groups in total. The van der Waals surface area contributed by atoms with E-state index < -0.39 is 0 Å². The summed E-state index contributed by atoms with van der Waals surface area (Å²) in [5, 5.41) is 0. The first-order chi connectivity index (χ1) is 5.33. The molecule has 1 aromatic rings. The predicted molar refractivity (Wildman–Crippen MR) is 56.9 cm³/mol. The van der Waals surface area contributed by atoms with Gasteiger partial charge in [-0.25, -0.2) is 0 Å². The molecule has 0 spiro atoms. The summed E-state index contributed by atoms with van der Waals surface area (Å²) in [5.74, 6) is 0. The van der Waals surface area contributed by atoms with Crippen LogP contribution in [0.25, 0.3) is 0 Å². The number of hydrogen-bond donors (Lipinski definition) is 1. The first-order valence-corrected chi connectivity index (χ1v) is 4.80. The minimum atomic E-state index is 1.05. The molecule has 60 valence electrons. The molecule has 2 heteroatoms. The summed E-state index contributed by atoms with van der Waals surface area (Å²) < 4.78 is 3.10. The smallest absolute Gasteiger partial charge is 0.0169 e. The average molecular weight is 261 g/mol. The lowest BCUT2D eigenvalue weighted by Crippen LogP contribution is -2.03. The van der Waals surface area contributed by atoms with Gasteiger partial charge in [-0.15, -0.1) is 0 Å². The van der Waals surface area contributed by atoms with E-state index in [1.165, 1.54) is 11.1 Å². The first-order valence-electron chi connectivity index (χ1n) is 3.72. The minimum Gasteiger partial charge on any atom is -0.261 e. The van der Waals surface area contributed by atoms with Crippen LogP contribution in [0.1, 0.15) is 11.1 Å². The van der Waals surface area contributed by atoms with Crippen molar-refractivity contribution in [3.63, 3.8) is 0 Å². The van der Waals surface area contributed by atoms with E-state index in [1.54, 1.807) is 0 Å². The van der Waals surface area contributed by atoms with Gasteiger partial charge in [0.05, 0.1) is 0 Å². The lowest BCUT2D eigenvalue weighted by Gasteiger charge is -1.99. The third kappa shape index (κ3) is 3.20. The second-order valence-electron chi connectivity index (χ2n) is 2.62. The van der Waals surface area contributed by atoms with Gasteiger partial charge in [-0.1, -0.05) is 29.8 Å². The molecule has 0 unspecified atom stereocenters. The molecule has 0 aliphatic carbocycles. The number of rotatable bonds is 3. The van der Waals surface area contributed by atoms with Gasteiger partial charge in [0.1, 0.15) is 0 Å². The summed E-state index contributed by atoms with van der Waals surface area (Å²) >= 11 is 2.17. The minimum absolute atomic E-state index is 1.05. The first kappa shape index (κ1) is 9.00. The Morgan fingerprint density at radius 1 is 1.27 bits per heavy atom. The van der Waals surface area contributed by atoms with Gasteiger partial charge in [0.2, 0.25) is 0 Å². The SMILES string of the molecule is Cc1ccc(CCNI)cc1. The molecule has 0 aliphatic heterocycles. The molecule has 0 fully saturated rings. The molecule has 0 aliphatic rings. The standard InChI is InChI=1S/C9H12IN/c1-8-2-4-9(5-3-8)6-7-11-10/h2-5,11H,6-7H2,1H3. The zero-order valence-corrected chi connectivity index (χ0v) is 8.76. The van der Waals surface area contributed by atoms with Gasteiger partial charge >= 0.3 is 0 Å². The highest BCUT2D eigenvalue weighted by atomic mass is 127. The van der Waals surface area contributed by atoms with E-state index in [4.69, 9.17) is 0 Å². The van der Waals surface area contributed by atoms with E-state index in [9.17, 15) is 0 Å². The van der Waals surface area contributed by atoms with E-state index in [1.807, 2.05) is 0 Å². The third-order valence-corrected chi connectivity index (χ3v) is 2.17. The Bertz CT molecular complexity index is 205. The van der Waals surface area contributed by atoms with Gasteiger partial charge in [-0.3, -0.25) is 3.53 Å². The molecule has 0 heterocycles. The average Bonchev–Trinajstić information content (AvgIpc) is 2.04. The molecule has 0 bridgehead atoms. The van der Waals surface area contributed by atoms with Crippen LogP contribution in [0, 0.1) is 6.92 Å². The molecule has 1 nitrogen and oxygen atoms in total. The number of aryl methyl sites for hydroxylation is 1. The Kier molecular flexibility index (Phi) is 3.86. The van der Waals surface area contributed by atoms with Crippen LogP contribution in [0.15, 0.2) is 24.3 Å². The van der Waals surface area contributed by atoms with Crippen molar-refractivity contribution >= 4 is 22.9 Å². The summed E-state index contributed by atoms with van der Waals surface area (Å²) in [6.45, 7) is 3.16. The Labute approximate surface area is 81.7 Å². The molecular formula is C9H12IN. The van der Waals surface area contributed by atoms with Crippen molar-refractivity contribution in [3.05, 3.63) is 35.4 Å². The van der Waals surface area contributed by atoms with Crippen LogP contribution in [0.5, 0.6) is 0 Å². The van der Waals surface area contributed by atoms with Crippen LogP contribution in [-0.2, 0) is 6.42 Å². The topological polar surface area (TPSA) is 12.0 Å². The number of halogens is 1. The summed E-state index contributed by atoms with van der Waals surface area (Å²) in [7, 11) is 0. The highest BCUT2D eigenvalue weighted by Crippen LogP contribution is 2.02. The van der Waals surface area contributed by atoms with E-state index in [0.29, 0.717) is 0 Å². The fourth-order valence-electron chi connectivity index (χ4n) is 0.946. The van der Waals surface area contributed by atoms with Crippen molar-refractivity contribution in [3.8, 4) is 0 Å². The Hall–Kier alpha value is -0.0900. The maximum absolute atomic E-state index is 3.10. The second kappa shape index (κ2) is 4.72. The molecule has 0 saturated carbocycles. The van der Waals surface area contributed by atoms with Crippen LogP contribution < -0.4 is 3.53 Å². The summed E-state index contributed by atoms with van der Waals surface area (Å²) in [5.41, 5.74) is 2.73. The fourth-order valence-corrected chi connectivity index (χ4v) is 1.22. The quantitative estimate of drug-likeness (QED) is 0.651. The normalized spacial score (nSPS) is 10.0. The molecule has 0 amide bonds. The van der Waals surface area contributed by atoms with E-state index in [-0.39, 0.29) is 0 Å².